The van der Waals surface area contributed by atoms with Gasteiger partial charge in [0.2, 0.25) is 0 Å². The van der Waals surface area contributed by atoms with Crippen LogP contribution in [0.4, 0.5) is 0 Å². The number of carboxylic acids is 1. The number of carbonyl (C=O) groups is 1. The molecule has 0 saturated carbocycles. The minimum absolute atomic E-state index is 0.103. The highest BCUT2D eigenvalue weighted by Crippen LogP contribution is 2.34. The molecule has 0 radical (unpaired) electrons. The SMILES string of the molecule is CSc1ccc(C(c2cc(C)cc(C)c2)N2CCCC(C(=O)O)C2)cc1. The van der Waals surface area contributed by atoms with Crippen molar-refractivity contribution in [2.75, 3.05) is 19.3 Å². The normalized spacial score (nSPS) is 19.3. The number of thioether (sulfide) groups is 1. The molecule has 4 heteroatoms. The van der Waals surface area contributed by atoms with Gasteiger partial charge in [-0.05, 0) is 62.7 Å². The van der Waals surface area contributed by atoms with Crippen molar-refractivity contribution in [2.45, 2.75) is 37.6 Å². The third-order valence-electron chi connectivity index (χ3n) is 5.16. The second-order valence-corrected chi connectivity index (χ2v) is 8.15. The lowest BCUT2D eigenvalue weighted by Gasteiger charge is -2.38. The van der Waals surface area contributed by atoms with Gasteiger partial charge < -0.3 is 5.11 Å². The first-order valence-electron chi connectivity index (χ1n) is 9.17. The number of carboxylic acid groups (broad SMARTS) is 1. The van der Waals surface area contributed by atoms with Gasteiger partial charge in [0, 0.05) is 11.4 Å². The fraction of sp³-hybridized carbons (Fsp3) is 0.409. The zero-order valence-electron chi connectivity index (χ0n) is 15.7. The number of rotatable bonds is 5. The Kier molecular flexibility index (Phi) is 6.05. The minimum atomic E-state index is -0.674. The maximum atomic E-state index is 11.6. The summed E-state index contributed by atoms with van der Waals surface area (Å²) in [5.74, 6) is -0.950. The van der Waals surface area contributed by atoms with Gasteiger partial charge in [-0.1, -0.05) is 41.5 Å². The molecule has 0 aliphatic carbocycles. The monoisotopic (exact) mass is 369 g/mol. The van der Waals surface area contributed by atoms with E-state index in [1.807, 2.05) is 0 Å². The summed E-state index contributed by atoms with van der Waals surface area (Å²) in [5.41, 5.74) is 4.99. The molecule has 1 aliphatic rings. The lowest BCUT2D eigenvalue weighted by Crippen LogP contribution is -2.41. The number of aliphatic carboxylic acids is 1. The van der Waals surface area contributed by atoms with Crippen LogP contribution in [0.3, 0.4) is 0 Å². The van der Waals surface area contributed by atoms with Gasteiger partial charge in [-0.15, -0.1) is 11.8 Å². The Labute approximate surface area is 160 Å². The third kappa shape index (κ3) is 4.30. The van der Waals surface area contributed by atoms with E-state index in [9.17, 15) is 9.90 Å². The Morgan fingerprint density at radius 2 is 1.77 bits per heavy atom. The van der Waals surface area contributed by atoms with Crippen LogP contribution in [0.15, 0.2) is 47.4 Å². The van der Waals surface area contributed by atoms with Gasteiger partial charge >= 0.3 is 5.97 Å². The standard InChI is InChI=1S/C22H27NO2S/c1-15-11-16(2)13-19(12-15)21(17-6-8-20(26-3)9-7-17)23-10-4-5-18(14-23)22(24)25/h6-9,11-13,18,21H,4-5,10,14H2,1-3H3,(H,24,25). The molecule has 0 aromatic heterocycles. The van der Waals surface area contributed by atoms with Gasteiger partial charge in [-0.25, -0.2) is 0 Å². The summed E-state index contributed by atoms with van der Waals surface area (Å²) in [6, 6.07) is 15.5. The average molecular weight is 370 g/mol. The minimum Gasteiger partial charge on any atom is -0.481 e. The van der Waals surface area contributed by atoms with Crippen LogP contribution in [-0.4, -0.2) is 35.3 Å². The highest BCUT2D eigenvalue weighted by molar-refractivity contribution is 7.98. The van der Waals surface area contributed by atoms with Crippen molar-refractivity contribution >= 4 is 17.7 Å². The average Bonchev–Trinajstić information content (AvgIpc) is 2.62. The van der Waals surface area contributed by atoms with E-state index in [1.165, 1.54) is 27.1 Å². The van der Waals surface area contributed by atoms with Gasteiger partial charge in [0.1, 0.15) is 0 Å². The lowest BCUT2D eigenvalue weighted by molar-refractivity contribution is -0.143. The molecule has 1 heterocycles. The Hall–Kier alpha value is -1.78. The molecule has 2 aromatic rings. The number of hydrogen-bond acceptors (Lipinski definition) is 3. The van der Waals surface area contributed by atoms with Crippen LogP contribution in [0.1, 0.15) is 41.1 Å². The van der Waals surface area contributed by atoms with Crippen LogP contribution in [0, 0.1) is 19.8 Å². The maximum Gasteiger partial charge on any atom is 0.307 e. The molecule has 0 bridgehead atoms. The van der Waals surface area contributed by atoms with Gasteiger partial charge in [0.05, 0.1) is 12.0 Å². The molecule has 1 fully saturated rings. The van der Waals surface area contributed by atoms with Crippen molar-refractivity contribution in [3.63, 3.8) is 0 Å². The summed E-state index contributed by atoms with van der Waals surface area (Å²) >= 11 is 1.74. The smallest absolute Gasteiger partial charge is 0.307 e. The summed E-state index contributed by atoms with van der Waals surface area (Å²) in [5, 5.41) is 9.51. The van der Waals surface area contributed by atoms with Crippen LogP contribution < -0.4 is 0 Å². The Balaban J connectivity index is 2.01. The highest BCUT2D eigenvalue weighted by Gasteiger charge is 2.31. The Morgan fingerprint density at radius 1 is 1.12 bits per heavy atom. The molecule has 138 valence electrons. The molecule has 2 atom stereocenters. The number of aryl methyl sites for hydroxylation is 2. The molecule has 3 nitrogen and oxygen atoms in total. The number of benzene rings is 2. The molecule has 3 rings (SSSR count). The van der Waals surface area contributed by atoms with Crippen molar-refractivity contribution in [1.29, 1.82) is 0 Å². The van der Waals surface area contributed by atoms with Crippen molar-refractivity contribution in [2.24, 2.45) is 5.92 Å². The predicted molar refractivity (Wildman–Crippen MR) is 108 cm³/mol. The molecule has 0 spiro atoms. The molecule has 26 heavy (non-hydrogen) atoms. The van der Waals surface area contributed by atoms with Crippen LogP contribution in [0.5, 0.6) is 0 Å². The quantitative estimate of drug-likeness (QED) is 0.760. The summed E-state index contributed by atoms with van der Waals surface area (Å²) < 4.78 is 0. The lowest BCUT2D eigenvalue weighted by atomic mass is 9.90. The van der Waals surface area contributed by atoms with Gasteiger partial charge in [-0.2, -0.15) is 0 Å². The summed E-state index contributed by atoms with van der Waals surface area (Å²) in [7, 11) is 0. The number of likely N-dealkylation sites (tertiary alicyclic amines) is 1. The van der Waals surface area contributed by atoms with Gasteiger partial charge in [-0.3, -0.25) is 9.69 Å². The summed E-state index contributed by atoms with van der Waals surface area (Å²) in [4.78, 5) is 15.2. The fourth-order valence-electron chi connectivity index (χ4n) is 4.01. The topological polar surface area (TPSA) is 40.5 Å². The van der Waals surface area contributed by atoms with Crippen LogP contribution in [0.2, 0.25) is 0 Å². The molecular weight excluding hydrogens is 342 g/mol. The zero-order chi connectivity index (χ0) is 18.7. The second-order valence-electron chi connectivity index (χ2n) is 7.27. The van der Waals surface area contributed by atoms with E-state index in [0.717, 1.165) is 19.4 Å². The van der Waals surface area contributed by atoms with E-state index in [1.54, 1.807) is 11.8 Å². The van der Waals surface area contributed by atoms with Gasteiger partial charge in [0.15, 0.2) is 0 Å². The molecular formula is C22H27NO2S. The van der Waals surface area contributed by atoms with Crippen molar-refractivity contribution in [3.8, 4) is 0 Å². The summed E-state index contributed by atoms with van der Waals surface area (Å²) in [6.45, 7) is 5.80. The largest absolute Gasteiger partial charge is 0.481 e. The number of nitrogens with zero attached hydrogens (tertiary/aromatic N) is 1. The fourth-order valence-corrected chi connectivity index (χ4v) is 4.42. The Morgan fingerprint density at radius 3 is 2.35 bits per heavy atom. The van der Waals surface area contributed by atoms with Crippen LogP contribution in [-0.2, 0) is 4.79 Å². The van der Waals surface area contributed by atoms with E-state index >= 15 is 0 Å². The predicted octanol–water partition coefficient (Wildman–Crippen LogP) is 4.91. The van der Waals surface area contributed by atoms with Crippen molar-refractivity contribution < 1.29 is 9.90 Å². The first kappa shape index (κ1) is 19.0. The van der Waals surface area contributed by atoms with E-state index in [4.69, 9.17) is 0 Å². The molecule has 1 N–H and O–H groups in total. The van der Waals surface area contributed by atoms with Crippen molar-refractivity contribution in [1.82, 2.24) is 4.90 Å². The summed E-state index contributed by atoms with van der Waals surface area (Å²) in [6.07, 6.45) is 3.79. The zero-order valence-corrected chi connectivity index (χ0v) is 16.6. The molecule has 1 aliphatic heterocycles. The van der Waals surface area contributed by atoms with E-state index < -0.39 is 5.97 Å². The van der Waals surface area contributed by atoms with E-state index in [-0.39, 0.29) is 12.0 Å². The molecule has 2 unspecified atom stereocenters. The van der Waals surface area contributed by atoms with Crippen molar-refractivity contribution in [3.05, 3.63) is 64.7 Å². The van der Waals surface area contributed by atoms with Gasteiger partial charge in [0.25, 0.3) is 0 Å². The molecule has 1 saturated heterocycles. The first-order valence-corrected chi connectivity index (χ1v) is 10.4. The van der Waals surface area contributed by atoms with E-state index in [2.05, 4.69) is 67.5 Å². The third-order valence-corrected chi connectivity index (χ3v) is 5.90. The highest BCUT2D eigenvalue weighted by atomic mass is 32.2. The maximum absolute atomic E-state index is 11.6. The van der Waals surface area contributed by atoms with Crippen LogP contribution >= 0.6 is 11.8 Å². The first-order chi connectivity index (χ1) is 12.5. The second kappa shape index (κ2) is 8.28. The molecule has 0 amide bonds. The van der Waals surface area contributed by atoms with Crippen LogP contribution in [0.25, 0.3) is 0 Å². The number of hydrogen-bond donors (Lipinski definition) is 1. The molecule has 2 aromatic carbocycles. The Bertz CT molecular complexity index is 752. The van der Waals surface area contributed by atoms with E-state index in [0.29, 0.717) is 6.54 Å². The number of piperidine rings is 1.